The number of rotatable bonds is 6. The molecule has 2 aromatic heterocycles. The van der Waals surface area contributed by atoms with Crippen LogP contribution in [0, 0.1) is 0 Å². The normalized spacial score (nSPS) is 12.6. The van der Waals surface area contributed by atoms with Gasteiger partial charge < -0.3 is 14.6 Å². The minimum atomic E-state index is 0.153. The highest BCUT2D eigenvalue weighted by atomic mass is 32.1. The molecule has 0 spiro atoms. The molecule has 0 aliphatic rings. The summed E-state index contributed by atoms with van der Waals surface area (Å²) >= 11 is 1.70. The number of hydrogen-bond donors (Lipinski definition) is 1. The van der Waals surface area contributed by atoms with Crippen molar-refractivity contribution in [3.63, 3.8) is 0 Å². The summed E-state index contributed by atoms with van der Waals surface area (Å²) in [6.45, 7) is 3.14. The van der Waals surface area contributed by atoms with Crippen molar-refractivity contribution >= 4 is 11.3 Å². The summed E-state index contributed by atoms with van der Waals surface area (Å²) in [7, 11) is 3.68. The van der Waals surface area contributed by atoms with Crippen LogP contribution in [0.4, 0.5) is 0 Å². The predicted molar refractivity (Wildman–Crippen MR) is 74.2 cm³/mol. The van der Waals surface area contributed by atoms with E-state index < -0.39 is 0 Å². The van der Waals surface area contributed by atoms with Crippen molar-refractivity contribution in [1.82, 2.24) is 14.9 Å². The average Bonchev–Trinajstić information content (AvgIpc) is 2.99. The molecule has 0 saturated heterocycles. The topological polar surface area (TPSA) is 39.1 Å². The number of ether oxygens (including phenoxy) is 1. The quantitative estimate of drug-likeness (QED) is 0.872. The van der Waals surface area contributed by atoms with Crippen molar-refractivity contribution in [2.75, 3.05) is 13.7 Å². The highest BCUT2D eigenvalue weighted by molar-refractivity contribution is 7.10. The molecule has 1 unspecified atom stereocenters. The number of hydrogen-bond acceptors (Lipinski definition) is 4. The van der Waals surface area contributed by atoms with Crippen molar-refractivity contribution in [3.05, 3.63) is 34.5 Å². The van der Waals surface area contributed by atoms with Crippen LogP contribution in [-0.4, -0.2) is 23.2 Å². The molecule has 2 aromatic rings. The highest BCUT2D eigenvalue weighted by Gasteiger charge is 2.18. The van der Waals surface area contributed by atoms with E-state index in [0.29, 0.717) is 0 Å². The van der Waals surface area contributed by atoms with Gasteiger partial charge in [0.15, 0.2) is 0 Å². The predicted octanol–water partition coefficient (Wildman–Crippen LogP) is 2.58. The monoisotopic (exact) mass is 265 g/mol. The fourth-order valence-corrected chi connectivity index (χ4v) is 2.76. The Morgan fingerprint density at radius 3 is 2.94 bits per heavy atom. The second-order valence-electron chi connectivity index (χ2n) is 4.24. The Labute approximate surface area is 112 Å². The summed E-state index contributed by atoms with van der Waals surface area (Å²) in [5.74, 6) is 0.911. The summed E-state index contributed by atoms with van der Waals surface area (Å²) in [5, 5.41) is 5.56. The van der Waals surface area contributed by atoms with E-state index >= 15 is 0 Å². The Bertz CT molecular complexity index is 492. The molecule has 4 nitrogen and oxygen atoms in total. The van der Waals surface area contributed by atoms with Gasteiger partial charge in [-0.2, -0.15) is 0 Å². The molecular formula is C13H19N3OS. The molecule has 1 atom stereocenters. The molecule has 0 saturated carbocycles. The lowest BCUT2D eigenvalue weighted by molar-refractivity contribution is 0.416. The van der Waals surface area contributed by atoms with Gasteiger partial charge in [-0.05, 0) is 19.0 Å². The number of aryl methyl sites for hydroxylation is 1. The lowest BCUT2D eigenvalue weighted by Crippen LogP contribution is -2.22. The first-order chi connectivity index (χ1) is 8.74. The number of aromatic nitrogens is 2. The average molecular weight is 265 g/mol. The molecule has 0 aromatic carbocycles. The van der Waals surface area contributed by atoms with E-state index in [2.05, 4.69) is 29.5 Å². The molecule has 0 bridgehead atoms. The second-order valence-corrected chi connectivity index (χ2v) is 5.18. The summed E-state index contributed by atoms with van der Waals surface area (Å²) < 4.78 is 7.22. The molecule has 98 valence electrons. The molecular weight excluding hydrogens is 246 g/mol. The van der Waals surface area contributed by atoms with Gasteiger partial charge in [0, 0.05) is 23.5 Å². The third-order valence-corrected chi connectivity index (χ3v) is 3.71. The van der Waals surface area contributed by atoms with E-state index in [1.807, 2.05) is 23.3 Å². The summed E-state index contributed by atoms with van der Waals surface area (Å²) in [5.41, 5.74) is 1.05. The molecule has 0 aliphatic carbocycles. The Balaban J connectivity index is 2.24. The lowest BCUT2D eigenvalue weighted by atomic mass is 10.2. The smallest absolute Gasteiger partial charge is 0.129 e. The van der Waals surface area contributed by atoms with Gasteiger partial charge in [-0.25, -0.2) is 4.98 Å². The van der Waals surface area contributed by atoms with Gasteiger partial charge in [0.05, 0.1) is 25.2 Å². The standard InChI is InChI=1S/C13H19N3OS/c1-4-5-14-13(11-7-16(2)9-15-11)12-6-10(17-3)8-18-12/h6-9,13-14H,4-5H2,1-3H3. The number of imidazole rings is 1. The minimum Gasteiger partial charge on any atom is -0.496 e. The SMILES string of the molecule is CCCNC(c1cn(C)cn1)c1cc(OC)cs1. The summed E-state index contributed by atoms with van der Waals surface area (Å²) in [4.78, 5) is 5.68. The Hall–Kier alpha value is -1.33. The van der Waals surface area contributed by atoms with Crippen molar-refractivity contribution in [2.45, 2.75) is 19.4 Å². The first kappa shape index (κ1) is 13.1. The lowest BCUT2D eigenvalue weighted by Gasteiger charge is -2.14. The van der Waals surface area contributed by atoms with E-state index in [1.165, 1.54) is 4.88 Å². The van der Waals surface area contributed by atoms with Gasteiger partial charge in [-0.1, -0.05) is 6.92 Å². The van der Waals surface area contributed by atoms with Crippen LogP contribution in [0.25, 0.3) is 0 Å². The van der Waals surface area contributed by atoms with Gasteiger partial charge in [0.25, 0.3) is 0 Å². The molecule has 0 radical (unpaired) electrons. The number of nitrogens with zero attached hydrogens (tertiary/aromatic N) is 2. The Morgan fingerprint density at radius 1 is 1.56 bits per heavy atom. The molecule has 0 fully saturated rings. The molecule has 18 heavy (non-hydrogen) atoms. The summed E-state index contributed by atoms with van der Waals surface area (Å²) in [6, 6.07) is 2.23. The van der Waals surface area contributed by atoms with Crippen molar-refractivity contribution in [3.8, 4) is 5.75 Å². The Morgan fingerprint density at radius 2 is 2.39 bits per heavy atom. The zero-order valence-electron chi connectivity index (χ0n) is 11.0. The van der Waals surface area contributed by atoms with Crippen molar-refractivity contribution in [1.29, 1.82) is 0 Å². The fraction of sp³-hybridized carbons (Fsp3) is 0.462. The zero-order chi connectivity index (χ0) is 13.0. The third kappa shape index (κ3) is 2.91. The summed E-state index contributed by atoms with van der Waals surface area (Å²) in [6.07, 6.45) is 4.99. The molecule has 0 aliphatic heterocycles. The van der Waals surface area contributed by atoms with Crippen LogP contribution in [0.2, 0.25) is 0 Å². The molecule has 1 N–H and O–H groups in total. The highest BCUT2D eigenvalue weighted by Crippen LogP contribution is 2.30. The van der Waals surface area contributed by atoms with Gasteiger partial charge in [-0.15, -0.1) is 11.3 Å². The van der Waals surface area contributed by atoms with E-state index in [1.54, 1.807) is 18.4 Å². The van der Waals surface area contributed by atoms with Crippen LogP contribution in [0.5, 0.6) is 5.75 Å². The number of methoxy groups -OCH3 is 1. The van der Waals surface area contributed by atoms with Gasteiger partial charge in [0.2, 0.25) is 0 Å². The van der Waals surface area contributed by atoms with E-state index in [-0.39, 0.29) is 6.04 Å². The maximum Gasteiger partial charge on any atom is 0.129 e. The minimum absolute atomic E-state index is 0.153. The van der Waals surface area contributed by atoms with Crippen LogP contribution in [0.1, 0.15) is 30.0 Å². The third-order valence-electron chi connectivity index (χ3n) is 2.73. The Kier molecular flexibility index (Phi) is 4.38. The van der Waals surface area contributed by atoms with E-state index in [0.717, 1.165) is 24.4 Å². The maximum absolute atomic E-state index is 5.25. The number of thiophene rings is 1. The van der Waals surface area contributed by atoms with Crippen LogP contribution in [0.3, 0.4) is 0 Å². The van der Waals surface area contributed by atoms with E-state index in [4.69, 9.17) is 4.74 Å². The van der Waals surface area contributed by atoms with Gasteiger partial charge in [-0.3, -0.25) is 0 Å². The van der Waals surface area contributed by atoms with Crippen LogP contribution in [-0.2, 0) is 7.05 Å². The molecule has 0 amide bonds. The molecule has 2 rings (SSSR count). The fourth-order valence-electron chi connectivity index (χ4n) is 1.81. The van der Waals surface area contributed by atoms with Crippen LogP contribution < -0.4 is 10.1 Å². The van der Waals surface area contributed by atoms with Crippen molar-refractivity contribution in [2.24, 2.45) is 7.05 Å². The van der Waals surface area contributed by atoms with Crippen LogP contribution >= 0.6 is 11.3 Å². The van der Waals surface area contributed by atoms with Gasteiger partial charge >= 0.3 is 0 Å². The van der Waals surface area contributed by atoms with Gasteiger partial charge in [0.1, 0.15) is 5.75 Å². The molecule has 2 heterocycles. The number of nitrogens with one attached hydrogen (secondary N) is 1. The first-order valence-electron chi connectivity index (χ1n) is 6.08. The first-order valence-corrected chi connectivity index (χ1v) is 6.96. The van der Waals surface area contributed by atoms with Crippen molar-refractivity contribution < 1.29 is 4.74 Å². The zero-order valence-corrected chi connectivity index (χ0v) is 11.8. The maximum atomic E-state index is 5.25. The van der Waals surface area contributed by atoms with E-state index in [9.17, 15) is 0 Å². The van der Waals surface area contributed by atoms with Crippen LogP contribution in [0.15, 0.2) is 24.0 Å². The molecule has 5 heteroatoms. The second kappa shape index (κ2) is 6.02. The largest absolute Gasteiger partial charge is 0.496 e.